The quantitative estimate of drug-likeness (QED) is 0.0261. The van der Waals surface area contributed by atoms with Crippen molar-refractivity contribution in [2.75, 3.05) is 13.2 Å². The molecule has 0 aromatic heterocycles. The number of carbonyl (C=O) groups is 3. The van der Waals surface area contributed by atoms with Crippen LogP contribution in [0.25, 0.3) is 0 Å². The maximum Gasteiger partial charge on any atom is 0.306 e. The molecule has 0 spiro atoms. The van der Waals surface area contributed by atoms with Gasteiger partial charge in [0.05, 0.1) is 0 Å². The summed E-state index contributed by atoms with van der Waals surface area (Å²) in [4.78, 5) is 38.3. The van der Waals surface area contributed by atoms with E-state index < -0.39 is 6.10 Å². The molecule has 0 aromatic rings. The molecule has 0 saturated carbocycles. The first-order chi connectivity index (χ1) is 37.5. The number of rotatable bonds is 62. The lowest BCUT2D eigenvalue weighted by Crippen LogP contribution is -2.30. The van der Waals surface area contributed by atoms with Gasteiger partial charge in [0.15, 0.2) is 6.10 Å². The van der Waals surface area contributed by atoms with Crippen molar-refractivity contribution in [3.63, 3.8) is 0 Å². The number of unbranched alkanes of at least 4 members (excludes halogenated alkanes) is 43. The Morgan fingerprint density at radius 1 is 0.263 bits per heavy atom. The van der Waals surface area contributed by atoms with E-state index in [1.54, 1.807) is 0 Å². The minimum atomic E-state index is -0.774. The van der Waals surface area contributed by atoms with Gasteiger partial charge in [-0.15, -0.1) is 0 Å². The minimum absolute atomic E-state index is 0.0715. The Labute approximate surface area is 473 Å². The van der Waals surface area contributed by atoms with Crippen LogP contribution in [0.1, 0.15) is 361 Å². The Morgan fingerprint density at radius 3 is 0.763 bits per heavy atom. The topological polar surface area (TPSA) is 78.9 Å². The summed E-state index contributed by atoms with van der Waals surface area (Å²) in [5.74, 6) is -0.858. The monoisotopic (exact) mass is 1060 g/mol. The summed E-state index contributed by atoms with van der Waals surface area (Å²) in [5, 5.41) is 0. The zero-order chi connectivity index (χ0) is 55.0. The maximum atomic E-state index is 12.9. The van der Waals surface area contributed by atoms with Gasteiger partial charge in [-0.2, -0.15) is 0 Å². The van der Waals surface area contributed by atoms with Gasteiger partial charge in [-0.25, -0.2) is 0 Å². The zero-order valence-corrected chi connectivity index (χ0v) is 51.0. The Kier molecular flexibility index (Phi) is 62.6. The fourth-order valence-electron chi connectivity index (χ4n) is 9.98. The van der Waals surface area contributed by atoms with Crippen LogP contribution >= 0.6 is 0 Å². The summed E-state index contributed by atoms with van der Waals surface area (Å²) >= 11 is 0. The van der Waals surface area contributed by atoms with Crippen molar-refractivity contribution in [1.29, 1.82) is 0 Å². The fraction of sp³-hybridized carbons (Fsp3) is 0.843. The summed E-state index contributed by atoms with van der Waals surface area (Å²) < 4.78 is 16.9. The van der Waals surface area contributed by atoms with E-state index in [9.17, 15) is 14.4 Å². The van der Waals surface area contributed by atoms with Crippen molar-refractivity contribution < 1.29 is 28.6 Å². The second kappa shape index (κ2) is 64.9. The first kappa shape index (κ1) is 73.4. The van der Waals surface area contributed by atoms with Crippen molar-refractivity contribution in [1.82, 2.24) is 0 Å². The number of esters is 3. The van der Waals surface area contributed by atoms with Gasteiger partial charge in [0, 0.05) is 19.3 Å². The highest BCUT2D eigenvalue weighted by molar-refractivity contribution is 5.71. The molecule has 6 nitrogen and oxygen atoms in total. The molecule has 0 aromatic carbocycles. The van der Waals surface area contributed by atoms with E-state index in [0.29, 0.717) is 19.3 Å². The molecule has 0 heterocycles. The Morgan fingerprint density at radius 2 is 0.474 bits per heavy atom. The van der Waals surface area contributed by atoms with Crippen molar-refractivity contribution in [3.8, 4) is 0 Å². The largest absolute Gasteiger partial charge is 0.462 e. The summed E-state index contributed by atoms with van der Waals surface area (Å²) in [7, 11) is 0. The van der Waals surface area contributed by atoms with E-state index in [1.165, 1.54) is 244 Å². The first-order valence-electron chi connectivity index (χ1n) is 33.6. The molecule has 76 heavy (non-hydrogen) atoms. The molecule has 0 amide bonds. The van der Waals surface area contributed by atoms with Gasteiger partial charge in [0.25, 0.3) is 0 Å². The number of hydrogen-bond acceptors (Lipinski definition) is 6. The van der Waals surface area contributed by atoms with Gasteiger partial charge < -0.3 is 14.2 Å². The zero-order valence-electron chi connectivity index (χ0n) is 51.0. The number of hydrogen-bond donors (Lipinski definition) is 0. The predicted molar refractivity (Wildman–Crippen MR) is 330 cm³/mol. The van der Waals surface area contributed by atoms with Gasteiger partial charge in [-0.1, -0.05) is 307 Å². The summed E-state index contributed by atoms with van der Waals surface area (Å²) in [6, 6.07) is 0. The van der Waals surface area contributed by atoms with E-state index in [1.807, 2.05) is 0 Å². The molecule has 0 N–H and O–H groups in total. The highest BCUT2D eigenvalue weighted by atomic mass is 16.6. The van der Waals surface area contributed by atoms with E-state index in [-0.39, 0.29) is 31.1 Å². The maximum absolute atomic E-state index is 12.9. The molecule has 0 fully saturated rings. The lowest BCUT2D eigenvalue weighted by atomic mass is 10.0. The third-order valence-corrected chi connectivity index (χ3v) is 15.1. The van der Waals surface area contributed by atoms with Crippen molar-refractivity contribution >= 4 is 17.9 Å². The van der Waals surface area contributed by atoms with Crippen LogP contribution in [0.3, 0.4) is 0 Å². The first-order valence-corrected chi connectivity index (χ1v) is 33.6. The van der Waals surface area contributed by atoms with Crippen LogP contribution in [0.5, 0.6) is 0 Å². The molecular weight excluding hydrogens is 937 g/mol. The third-order valence-electron chi connectivity index (χ3n) is 15.1. The Balaban J connectivity index is 4.20. The van der Waals surface area contributed by atoms with Crippen LogP contribution < -0.4 is 0 Å². The lowest BCUT2D eigenvalue weighted by molar-refractivity contribution is -0.167. The average molecular weight is 1070 g/mol. The molecule has 444 valence electrons. The molecule has 0 aliphatic heterocycles. The molecule has 0 rings (SSSR count). The predicted octanol–water partition coefficient (Wildman–Crippen LogP) is 22.9. The highest BCUT2D eigenvalue weighted by Gasteiger charge is 2.19. The van der Waals surface area contributed by atoms with Gasteiger partial charge in [0.1, 0.15) is 13.2 Å². The highest BCUT2D eigenvalue weighted by Crippen LogP contribution is 2.18. The van der Waals surface area contributed by atoms with E-state index in [2.05, 4.69) is 69.4 Å². The van der Waals surface area contributed by atoms with E-state index in [0.717, 1.165) is 77.0 Å². The summed E-state index contributed by atoms with van der Waals surface area (Å²) in [6.07, 6.45) is 81.3. The van der Waals surface area contributed by atoms with Gasteiger partial charge in [-0.05, 0) is 83.5 Å². The second-order valence-corrected chi connectivity index (χ2v) is 22.7. The molecule has 1 atom stereocenters. The normalized spacial score (nSPS) is 12.3. The number of carbonyl (C=O) groups excluding carboxylic acids is 3. The van der Waals surface area contributed by atoms with Crippen LogP contribution in [-0.2, 0) is 28.6 Å². The standard InChI is InChI=1S/C70H128O6/c1-4-7-10-13-16-19-22-25-27-29-30-31-32-33-34-35-36-37-38-39-40-41-43-45-48-51-54-57-60-63-69(72)75-66-67(65-74-68(71)62-59-56-53-50-47-44-24-21-18-15-12-9-6-3)76-70(73)64-61-58-55-52-49-46-42-28-26-23-20-17-14-11-8-5-2/h21-22,24-25,29-30,32-33,67H,4-20,23,26-28,31,34-66H2,1-3H3/b24-21-,25-22-,30-29-,33-32-. The lowest BCUT2D eigenvalue weighted by Gasteiger charge is -2.18. The van der Waals surface area contributed by atoms with Crippen LogP contribution in [-0.4, -0.2) is 37.2 Å². The molecule has 6 heteroatoms. The molecule has 1 unspecified atom stereocenters. The average Bonchev–Trinajstić information content (AvgIpc) is 3.42. The molecular formula is C70H128O6. The Bertz CT molecular complexity index is 1310. The summed E-state index contributed by atoms with van der Waals surface area (Å²) in [5.41, 5.74) is 0. The van der Waals surface area contributed by atoms with Crippen LogP contribution in [0.4, 0.5) is 0 Å². The van der Waals surface area contributed by atoms with Gasteiger partial charge in [-0.3, -0.25) is 14.4 Å². The Hall–Kier alpha value is -2.63. The van der Waals surface area contributed by atoms with Crippen LogP contribution in [0, 0.1) is 0 Å². The van der Waals surface area contributed by atoms with Crippen molar-refractivity contribution in [2.45, 2.75) is 367 Å². The third kappa shape index (κ3) is 62.2. The van der Waals surface area contributed by atoms with Crippen molar-refractivity contribution in [2.24, 2.45) is 0 Å². The fourth-order valence-corrected chi connectivity index (χ4v) is 9.98. The summed E-state index contributed by atoms with van der Waals surface area (Å²) in [6.45, 7) is 6.66. The van der Waals surface area contributed by atoms with Crippen molar-refractivity contribution in [3.05, 3.63) is 48.6 Å². The van der Waals surface area contributed by atoms with E-state index >= 15 is 0 Å². The molecule has 0 aliphatic rings. The molecule has 0 bridgehead atoms. The molecule has 0 radical (unpaired) electrons. The minimum Gasteiger partial charge on any atom is -0.462 e. The van der Waals surface area contributed by atoms with Gasteiger partial charge >= 0.3 is 17.9 Å². The molecule has 0 aliphatic carbocycles. The second-order valence-electron chi connectivity index (χ2n) is 22.7. The van der Waals surface area contributed by atoms with E-state index in [4.69, 9.17) is 14.2 Å². The van der Waals surface area contributed by atoms with Crippen LogP contribution in [0.2, 0.25) is 0 Å². The SMILES string of the molecule is CCCCCC/C=C\CCCCCCCC(=O)OCC(COC(=O)CCCCCCCCCCCCCCCC/C=C\C/C=C\C/C=C\CCCCCCC)OC(=O)CCCCCCCCCCCCCCCCCC. The number of ether oxygens (including phenoxy) is 3. The molecule has 0 saturated heterocycles. The van der Waals surface area contributed by atoms with Gasteiger partial charge in [0.2, 0.25) is 0 Å². The smallest absolute Gasteiger partial charge is 0.306 e. The van der Waals surface area contributed by atoms with Crippen LogP contribution in [0.15, 0.2) is 48.6 Å². The number of allylic oxidation sites excluding steroid dienone is 8.